The summed E-state index contributed by atoms with van der Waals surface area (Å²) in [7, 11) is 0. The first-order valence-electron chi connectivity index (χ1n) is 11.2. The highest BCUT2D eigenvalue weighted by Gasteiger charge is 2.30. The second kappa shape index (κ2) is 9.39. The normalized spacial score (nSPS) is 25.3. The number of likely N-dealkylation sites (tertiary alicyclic amines) is 1. The Bertz CT molecular complexity index is 807. The molecule has 162 valence electrons. The maximum Gasteiger partial charge on any atom is 0.161 e. The number of benzene rings is 1. The molecule has 3 atom stereocenters. The summed E-state index contributed by atoms with van der Waals surface area (Å²) in [6.45, 7) is 6.31. The number of nitrogens with one attached hydrogen (secondary N) is 3. The summed E-state index contributed by atoms with van der Waals surface area (Å²) >= 11 is 0. The minimum Gasteiger partial charge on any atom is -0.486 e. The van der Waals surface area contributed by atoms with Gasteiger partial charge < -0.3 is 19.2 Å². The molecule has 1 aromatic carbocycles. The lowest BCUT2D eigenvalue weighted by Gasteiger charge is -2.34. The van der Waals surface area contributed by atoms with E-state index in [1.165, 1.54) is 24.8 Å². The van der Waals surface area contributed by atoms with Crippen LogP contribution in [-0.4, -0.2) is 50.8 Å². The van der Waals surface area contributed by atoms with E-state index in [4.69, 9.17) is 13.9 Å². The van der Waals surface area contributed by atoms with Crippen molar-refractivity contribution in [3.63, 3.8) is 0 Å². The van der Waals surface area contributed by atoms with Crippen LogP contribution < -0.4 is 25.6 Å². The Hall–Kier alpha value is -2.06. The second-order valence-corrected chi connectivity index (χ2v) is 8.45. The molecule has 2 fully saturated rings. The molecule has 4 heterocycles. The zero-order valence-corrected chi connectivity index (χ0v) is 17.4. The smallest absolute Gasteiger partial charge is 0.161 e. The number of hydrogen-bond donors (Lipinski definition) is 3. The van der Waals surface area contributed by atoms with Crippen LogP contribution >= 0.6 is 0 Å². The summed E-state index contributed by atoms with van der Waals surface area (Å²) in [5.41, 5.74) is 8.01. The predicted molar refractivity (Wildman–Crippen MR) is 115 cm³/mol. The highest BCUT2D eigenvalue weighted by atomic mass is 16.6. The fourth-order valence-electron chi connectivity index (χ4n) is 4.86. The molecule has 3 aliphatic heterocycles. The molecular weight excluding hydrogens is 380 g/mol. The largest absolute Gasteiger partial charge is 0.486 e. The average Bonchev–Trinajstić information content (AvgIpc) is 3.49. The molecule has 7 heteroatoms. The summed E-state index contributed by atoms with van der Waals surface area (Å²) in [6, 6.07) is 10.9. The SMILES string of the molecule is c1coc(C(CNCC2CNNC2c2ccc3c(c2)OCCO3)N2CCCCC2)c1. The van der Waals surface area contributed by atoms with Crippen LogP contribution in [0.4, 0.5) is 0 Å². The number of fused-ring (bicyclic) bond motifs is 1. The van der Waals surface area contributed by atoms with Gasteiger partial charge in [0.25, 0.3) is 0 Å². The molecule has 5 rings (SSSR count). The predicted octanol–water partition coefficient (Wildman–Crippen LogP) is 2.63. The third-order valence-electron chi connectivity index (χ3n) is 6.47. The van der Waals surface area contributed by atoms with Gasteiger partial charge in [0.05, 0.1) is 18.3 Å². The van der Waals surface area contributed by atoms with Crippen LogP contribution in [0.3, 0.4) is 0 Å². The van der Waals surface area contributed by atoms with Gasteiger partial charge in [0.2, 0.25) is 0 Å². The van der Waals surface area contributed by atoms with Gasteiger partial charge in [-0.2, -0.15) is 0 Å². The first kappa shape index (κ1) is 19.9. The third kappa shape index (κ3) is 4.34. The molecule has 30 heavy (non-hydrogen) atoms. The Balaban J connectivity index is 1.21. The molecule has 2 aromatic rings. The Morgan fingerprint density at radius 1 is 1.07 bits per heavy atom. The summed E-state index contributed by atoms with van der Waals surface area (Å²) in [6.07, 6.45) is 5.68. The van der Waals surface area contributed by atoms with E-state index in [1.807, 2.05) is 12.1 Å². The number of ether oxygens (including phenoxy) is 2. The zero-order valence-electron chi connectivity index (χ0n) is 17.4. The molecule has 0 aliphatic carbocycles. The second-order valence-electron chi connectivity index (χ2n) is 8.45. The summed E-state index contributed by atoms with van der Waals surface area (Å²) in [4.78, 5) is 2.57. The molecule has 2 saturated heterocycles. The van der Waals surface area contributed by atoms with Crippen molar-refractivity contribution in [1.82, 2.24) is 21.1 Å². The number of piperidine rings is 1. The van der Waals surface area contributed by atoms with Crippen molar-refractivity contribution in [2.24, 2.45) is 5.92 Å². The van der Waals surface area contributed by atoms with Gasteiger partial charge >= 0.3 is 0 Å². The maximum atomic E-state index is 5.78. The minimum absolute atomic E-state index is 0.241. The number of nitrogens with zero attached hydrogens (tertiary/aromatic N) is 1. The van der Waals surface area contributed by atoms with Gasteiger partial charge in [-0.3, -0.25) is 10.3 Å². The Kier molecular flexibility index (Phi) is 6.22. The Morgan fingerprint density at radius 3 is 2.77 bits per heavy atom. The zero-order chi connectivity index (χ0) is 20.2. The summed E-state index contributed by atoms with van der Waals surface area (Å²) in [5.74, 6) is 3.21. The van der Waals surface area contributed by atoms with E-state index in [9.17, 15) is 0 Å². The first-order valence-corrected chi connectivity index (χ1v) is 11.2. The van der Waals surface area contributed by atoms with Crippen molar-refractivity contribution >= 4 is 0 Å². The molecule has 3 N–H and O–H groups in total. The van der Waals surface area contributed by atoms with Crippen LogP contribution in [0.25, 0.3) is 0 Å². The van der Waals surface area contributed by atoms with Crippen LogP contribution in [-0.2, 0) is 0 Å². The Morgan fingerprint density at radius 2 is 1.93 bits per heavy atom. The van der Waals surface area contributed by atoms with Crippen LogP contribution in [0.15, 0.2) is 41.0 Å². The molecule has 1 aromatic heterocycles. The fourth-order valence-corrected chi connectivity index (χ4v) is 4.86. The summed E-state index contributed by atoms with van der Waals surface area (Å²) in [5, 5.41) is 3.74. The number of hydrazine groups is 1. The highest BCUT2D eigenvalue weighted by Crippen LogP contribution is 2.35. The van der Waals surface area contributed by atoms with E-state index in [0.717, 1.165) is 50.0 Å². The van der Waals surface area contributed by atoms with Gasteiger partial charge in [0, 0.05) is 25.6 Å². The van der Waals surface area contributed by atoms with E-state index >= 15 is 0 Å². The highest BCUT2D eigenvalue weighted by molar-refractivity contribution is 5.45. The molecule has 3 aliphatic rings. The lowest BCUT2D eigenvalue weighted by atomic mass is 9.94. The van der Waals surface area contributed by atoms with E-state index in [-0.39, 0.29) is 6.04 Å². The monoisotopic (exact) mass is 412 g/mol. The molecule has 0 spiro atoms. The van der Waals surface area contributed by atoms with Crippen LogP contribution in [0.5, 0.6) is 11.5 Å². The van der Waals surface area contributed by atoms with Crippen molar-refractivity contribution in [2.45, 2.75) is 31.3 Å². The molecular formula is C23H32N4O3. The summed E-state index contributed by atoms with van der Waals surface area (Å²) < 4.78 is 17.2. The van der Waals surface area contributed by atoms with E-state index < -0.39 is 0 Å². The van der Waals surface area contributed by atoms with Crippen LogP contribution in [0.1, 0.15) is 42.7 Å². The molecule has 0 radical (unpaired) electrons. The lowest BCUT2D eigenvalue weighted by Crippen LogP contribution is -2.40. The van der Waals surface area contributed by atoms with E-state index in [0.29, 0.717) is 25.2 Å². The van der Waals surface area contributed by atoms with Crippen molar-refractivity contribution in [1.29, 1.82) is 0 Å². The van der Waals surface area contributed by atoms with Crippen LogP contribution in [0.2, 0.25) is 0 Å². The molecule has 7 nitrogen and oxygen atoms in total. The van der Waals surface area contributed by atoms with Crippen molar-refractivity contribution in [3.8, 4) is 11.5 Å². The minimum atomic E-state index is 0.241. The van der Waals surface area contributed by atoms with E-state index in [2.05, 4.69) is 39.3 Å². The standard InChI is InChI=1S/C23H32N4O3/c1-2-8-27(9-3-1)19(20-5-4-10-28-20)16-24-14-18-15-25-26-23(18)17-6-7-21-22(13-17)30-12-11-29-21/h4-7,10,13,18-19,23-26H,1-3,8-9,11-12,14-16H2. The molecule has 0 amide bonds. The number of rotatable bonds is 7. The van der Waals surface area contributed by atoms with Crippen molar-refractivity contribution in [2.75, 3.05) is 45.9 Å². The van der Waals surface area contributed by atoms with Gasteiger partial charge in [-0.25, -0.2) is 5.43 Å². The van der Waals surface area contributed by atoms with Gasteiger partial charge in [-0.15, -0.1) is 0 Å². The molecule has 0 bridgehead atoms. The molecule has 0 saturated carbocycles. The Labute approximate surface area is 178 Å². The quantitative estimate of drug-likeness (QED) is 0.646. The number of hydrogen-bond acceptors (Lipinski definition) is 7. The molecule has 3 unspecified atom stereocenters. The van der Waals surface area contributed by atoms with Gasteiger partial charge in [-0.1, -0.05) is 12.5 Å². The number of furan rings is 1. The van der Waals surface area contributed by atoms with Crippen molar-refractivity contribution < 1.29 is 13.9 Å². The van der Waals surface area contributed by atoms with Crippen molar-refractivity contribution in [3.05, 3.63) is 47.9 Å². The lowest BCUT2D eigenvalue weighted by molar-refractivity contribution is 0.141. The van der Waals surface area contributed by atoms with Gasteiger partial charge in [0.15, 0.2) is 11.5 Å². The maximum absolute atomic E-state index is 5.78. The third-order valence-corrected chi connectivity index (χ3v) is 6.47. The fraction of sp³-hybridized carbons (Fsp3) is 0.565. The first-order chi connectivity index (χ1) is 14.9. The van der Waals surface area contributed by atoms with Crippen LogP contribution in [0, 0.1) is 5.92 Å². The van der Waals surface area contributed by atoms with Gasteiger partial charge in [0.1, 0.15) is 19.0 Å². The van der Waals surface area contributed by atoms with E-state index in [1.54, 1.807) is 6.26 Å². The average molecular weight is 413 g/mol. The van der Waals surface area contributed by atoms with Gasteiger partial charge in [-0.05, 0) is 55.8 Å². The topological polar surface area (TPSA) is 70.9 Å².